The zero-order chi connectivity index (χ0) is 30.0. The molecule has 0 saturated heterocycles. The summed E-state index contributed by atoms with van der Waals surface area (Å²) in [5.41, 5.74) is 19.3. The van der Waals surface area contributed by atoms with E-state index in [0.717, 1.165) is 17.1 Å². The van der Waals surface area contributed by atoms with Gasteiger partial charge in [0.05, 0.1) is 28.5 Å². The van der Waals surface area contributed by atoms with Crippen LogP contribution in [0.1, 0.15) is 22.3 Å². The Bertz CT molecular complexity index is 2370. The predicted molar refractivity (Wildman–Crippen MR) is 192 cm³/mol. The highest BCUT2D eigenvalue weighted by molar-refractivity contribution is 7.00. The van der Waals surface area contributed by atoms with Gasteiger partial charge in [-0.1, -0.05) is 144 Å². The second-order valence-electron chi connectivity index (χ2n) is 13.0. The number of fused-ring (bicyclic) bond motifs is 14. The molecule has 1 atom stereocenters. The average molecular weight is 583 g/mol. The molecule has 3 heterocycles. The van der Waals surface area contributed by atoms with Gasteiger partial charge >= 0.3 is 0 Å². The van der Waals surface area contributed by atoms with Gasteiger partial charge < -0.3 is 4.90 Å². The summed E-state index contributed by atoms with van der Waals surface area (Å²) in [4.78, 5) is 7.50. The number of hydrogen-bond acceptors (Lipinski definition) is 2. The van der Waals surface area contributed by atoms with E-state index in [9.17, 15) is 0 Å². The van der Waals surface area contributed by atoms with Gasteiger partial charge in [0.1, 0.15) is 0 Å². The normalized spacial score (nSPS) is 17.8. The smallest absolute Gasteiger partial charge is 0.243 e. The Morgan fingerprint density at radius 3 is 2.11 bits per heavy atom. The zero-order valence-electron chi connectivity index (χ0n) is 25.1. The fraction of sp³-hybridized carbons (Fsp3) is 0.0465. The Hall–Kier alpha value is -5.67. The summed E-state index contributed by atoms with van der Waals surface area (Å²) in [6.07, 6.45) is 8.65. The molecule has 6 aromatic rings. The molecule has 212 valence electrons. The third-order valence-corrected chi connectivity index (χ3v) is 11.0. The molecule has 3 aliphatic heterocycles. The van der Waals surface area contributed by atoms with E-state index in [-0.39, 0.29) is 18.2 Å². The van der Waals surface area contributed by atoms with Crippen molar-refractivity contribution in [2.24, 2.45) is 4.99 Å². The molecule has 0 bridgehead atoms. The monoisotopic (exact) mass is 582 g/mol. The van der Waals surface area contributed by atoms with Crippen LogP contribution < -0.4 is 21.3 Å². The van der Waals surface area contributed by atoms with Crippen LogP contribution in [0.5, 0.6) is 0 Å². The number of hydrogen-bond donors (Lipinski definition) is 0. The van der Waals surface area contributed by atoms with Crippen molar-refractivity contribution in [3.8, 4) is 22.3 Å². The van der Waals surface area contributed by atoms with Crippen LogP contribution in [0.15, 0.2) is 163 Å². The number of para-hydroxylation sites is 2. The number of nitrogens with zero attached hydrogens (tertiary/aromatic N) is 2. The van der Waals surface area contributed by atoms with E-state index < -0.39 is 0 Å². The maximum absolute atomic E-state index is 5.04. The summed E-state index contributed by atoms with van der Waals surface area (Å²) in [5.74, 6) is 0. The summed E-state index contributed by atoms with van der Waals surface area (Å²) < 4.78 is 0. The Labute approximate surface area is 268 Å². The minimum Gasteiger partial charge on any atom is -0.327 e. The van der Waals surface area contributed by atoms with Crippen LogP contribution in [0, 0.1) is 0 Å². The third kappa shape index (κ3) is 2.87. The molecule has 11 rings (SSSR count). The largest absolute Gasteiger partial charge is 0.327 e. The number of rotatable bonds is 1. The number of benzene rings is 6. The number of aliphatic imine (C=N–C) groups is 1. The van der Waals surface area contributed by atoms with Crippen molar-refractivity contribution >= 4 is 45.9 Å². The van der Waals surface area contributed by atoms with Crippen LogP contribution in [0.3, 0.4) is 0 Å². The second kappa shape index (κ2) is 8.74. The van der Waals surface area contributed by atoms with Gasteiger partial charge in [-0.3, -0.25) is 0 Å². The second-order valence-corrected chi connectivity index (χ2v) is 13.0. The summed E-state index contributed by atoms with van der Waals surface area (Å²) in [6, 6.07) is 50.2. The van der Waals surface area contributed by atoms with E-state index in [1.807, 2.05) is 0 Å². The molecule has 0 aromatic heterocycles. The lowest BCUT2D eigenvalue weighted by atomic mass is 9.32. The van der Waals surface area contributed by atoms with Crippen molar-refractivity contribution < 1.29 is 0 Å². The Balaban J connectivity index is 1.19. The van der Waals surface area contributed by atoms with Gasteiger partial charge in [0.15, 0.2) is 0 Å². The summed E-state index contributed by atoms with van der Waals surface area (Å²) in [6.45, 7) is 0.195. The Morgan fingerprint density at radius 2 is 1.26 bits per heavy atom. The van der Waals surface area contributed by atoms with Crippen molar-refractivity contribution in [3.63, 3.8) is 0 Å². The standard InChI is InChI=1S/C43H27BN2/c1-3-15-32-28(12-1)29-13-2-4-16-33(29)43(32)34-17-5-6-19-37(34)44-36-25-24-27(26-31(36)30-14-11-18-35(43)42(30)44)46-40-22-9-7-20-38(40)45-39-21-8-10-23-41(39)46/h1-26,40H. The molecule has 2 nitrogen and oxygen atoms in total. The fourth-order valence-corrected chi connectivity index (χ4v) is 9.34. The first-order valence-corrected chi connectivity index (χ1v) is 16.2. The molecule has 2 aliphatic carbocycles. The lowest BCUT2D eigenvalue weighted by Crippen LogP contribution is -2.59. The van der Waals surface area contributed by atoms with Crippen LogP contribution in [0.25, 0.3) is 22.3 Å². The molecule has 6 aromatic carbocycles. The highest BCUT2D eigenvalue weighted by Gasteiger charge is 2.54. The fourth-order valence-electron chi connectivity index (χ4n) is 9.34. The minimum absolute atomic E-state index is 0.0622. The van der Waals surface area contributed by atoms with E-state index in [1.165, 1.54) is 66.6 Å². The first-order valence-electron chi connectivity index (χ1n) is 16.2. The number of anilines is 2. The molecule has 3 heteroatoms. The highest BCUT2D eigenvalue weighted by atomic mass is 15.2. The van der Waals surface area contributed by atoms with Crippen LogP contribution in [-0.2, 0) is 5.41 Å². The summed E-state index contributed by atoms with van der Waals surface area (Å²) >= 11 is 0. The van der Waals surface area contributed by atoms with Crippen molar-refractivity contribution in [1.29, 1.82) is 0 Å². The maximum atomic E-state index is 5.04. The van der Waals surface area contributed by atoms with Crippen molar-refractivity contribution in [1.82, 2.24) is 0 Å². The van der Waals surface area contributed by atoms with Gasteiger partial charge in [-0.05, 0) is 74.8 Å². The first kappa shape index (κ1) is 24.6. The van der Waals surface area contributed by atoms with E-state index in [4.69, 9.17) is 4.99 Å². The number of allylic oxidation sites excluding steroid dienone is 2. The SMILES string of the molecule is C1=CC2=Nc3ccccc3N(c3ccc4c(c3)-c3cccc5c3B4c3ccccc3C53c4ccccc4-c4ccccc43)C2C=C1. The van der Waals surface area contributed by atoms with Gasteiger partial charge in [0.25, 0.3) is 0 Å². The van der Waals surface area contributed by atoms with Crippen LogP contribution >= 0.6 is 0 Å². The third-order valence-electron chi connectivity index (χ3n) is 11.0. The van der Waals surface area contributed by atoms with E-state index in [0.29, 0.717) is 0 Å². The van der Waals surface area contributed by atoms with Gasteiger partial charge in [0.2, 0.25) is 6.71 Å². The van der Waals surface area contributed by atoms with Crippen molar-refractivity contribution in [2.45, 2.75) is 11.5 Å². The van der Waals surface area contributed by atoms with Crippen LogP contribution in [0.4, 0.5) is 17.1 Å². The molecular formula is C43H27BN2. The predicted octanol–water partition coefficient (Wildman–Crippen LogP) is 7.58. The molecule has 46 heavy (non-hydrogen) atoms. The van der Waals surface area contributed by atoms with E-state index in [1.54, 1.807) is 0 Å². The molecule has 0 N–H and O–H groups in total. The van der Waals surface area contributed by atoms with Gasteiger partial charge in [-0.25, -0.2) is 4.99 Å². The van der Waals surface area contributed by atoms with E-state index in [2.05, 4.69) is 163 Å². The molecule has 0 saturated carbocycles. The Kier molecular flexibility index (Phi) is 4.68. The summed E-state index contributed by atoms with van der Waals surface area (Å²) in [5, 5.41) is 0. The van der Waals surface area contributed by atoms with E-state index >= 15 is 0 Å². The molecule has 5 aliphatic rings. The molecule has 1 spiro atoms. The minimum atomic E-state index is -0.354. The topological polar surface area (TPSA) is 15.6 Å². The van der Waals surface area contributed by atoms with Gasteiger partial charge in [-0.15, -0.1) is 0 Å². The van der Waals surface area contributed by atoms with Gasteiger partial charge in [0, 0.05) is 5.69 Å². The lowest BCUT2D eigenvalue weighted by molar-refractivity contribution is 0.775. The van der Waals surface area contributed by atoms with Crippen LogP contribution in [0.2, 0.25) is 0 Å². The Morgan fingerprint density at radius 1 is 0.565 bits per heavy atom. The molecule has 0 radical (unpaired) electrons. The molecular weight excluding hydrogens is 555 g/mol. The van der Waals surface area contributed by atoms with Gasteiger partial charge in [-0.2, -0.15) is 0 Å². The van der Waals surface area contributed by atoms with Crippen LogP contribution in [-0.4, -0.2) is 18.5 Å². The lowest BCUT2D eigenvalue weighted by Gasteiger charge is -2.42. The van der Waals surface area contributed by atoms with Crippen molar-refractivity contribution in [2.75, 3.05) is 4.90 Å². The maximum Gasteiger partial charge on any atom is 0.243 e. The first-order chi connectivity index (χ1) is 22.8. The zero-order valence-corrected chi connectivity index (χ0v) is 25.1. The average Bonchev–Trinajstić information content (AvgIpc) is 3.61. The summed E-state index contributed by atoms with van der Waals surface area (Å²) in [7, 11) is 0. The molecule has 0 fully saturated rings. The quantitative estimate of drug-likeness (QED) is 0.182. The molecule has 0 amide bonds. The molecule has 1 unspecified atom stereocenters. The highest BCUT2D eigenvalue weighted by Crippen LogP contribution is 2.57. The van der Waals surface area contributed by atoms with Crippen molar-refractivity contribution in [3.05, 3.63) is 180 Å².